The van der Waals surface area contributed by atoms with E-state index < -0.39 is 59.3 Å². The van der Waals surface area contributed by atoms with Crippen LogP contribution in [0.5, 0.6) is 0 Å². The highest BCUT2D eigenvalue weighted by atomic mass is 79.9. The minimum atomic E-state index is -7.02. The fourth-order valence-corrected chi connectivity index (χ4v) is 5.56. The van der Waals surface area contributed by atoms with E-state index in [4.69, 9.17) is 0 Å². The van der Waals surface area contributed by atoms with E-state index in [2.05, 4.69) is 31.9 Å². The number of sulfone groups is 1. The molecule has 26 heavy (non-hydrogen) atoms. The van der Waals surface area contributed by atoms with Crippen molar-refractivity contribution in [1.82, 2.24) is 0 Å². The molecule has 1 aliphatic carbocycles. The zero-order valence-electron chi connectivity index (χ0n) is 12.5. The topological polar surface area (TPSA) is 34.1 Å². The maximum Gasteiger partial charge on any atom is 0.461 e. The predicted molar refractivity (Wildman–Crippen MR) is 81.5 cm³/mol. The van der Waals surface area contributed by atoms with Crippen molar-refractivity contribution < 1.29 is 47.9 Å². The SMILES string of the molecule is CCCC1(Br)C(F)=C(S(=O)(=O)C(F)(F)C(F)(F)C(F)(F)F)C=C(Br)C1F. The number of allylic oxidation sites excluding steroid dienone is 3. The molecule has 0 spiro atoms. The predicted octanol–water partition coefficient (Wildman–Crippen LogP) is 5.94. The van der Waals surface area contributed by atoms with Crippen molar-refractivity contribution in [2.75, 3.05) is 0 Å². The van der Waals surface area contributed by atoms with Gasteiger partial charge in [0.25, 0.3) is 9.84 Å². The van der Waals surface area contributed by atoms with Crippen LogP contribution >= 0.6 is 31.9 Å². The second-order valence-electron chi connectivity index (χ2n) is 5.27. The second-order valence-corrected chi connectivity index (χ2v) is 9.57. The van der Waals surface area contributed by atoms with Gasteiger partial charge in [-0.05, 0) is 12.5 Å². The molecule has 0 amide bonds. The quantitative estimate of drug-likeness (QED) is 0.315. The van der Waals surface area contributed by atoms with Gasteiger partial charge in [-0.15, -0.1) is 0 Å². The van der Waals surface area contributed by atoms with Crippen LogP contribution in [0, 0.1) is 0 Å². The van der Waals surface area contributed by atoms with E-state index >= 15 is 0 Å². The summed E-state index contributed by atoms with van der Waals surface area (Å²) in [6, 6.07) is 0. The normalized spacial score (nSPS) is 26.2. The zero-order valence-corrected chi connectivity index (χ0v) is 16.4. The first-order chi connectivity index (χ1) is 11.4. The molecule has 0 radical (unpaired) electrons. The Balaban J connectivity index is 3.74. The molecule has 152 valence electrons. The lowest BCUT2D eigenvalue weighted by Crippen LogP contribution is -2.56. The average Bonchev–Trinajstić information content (AvgIpc) is 2.47. The van der Waals surface area contributed by atoms with E-state index in [9.17, 15) is 47.9 Å². The lowest BCUT2D eigenvalue weighted by molar-refractivity contribution is -0.331. The summed E-state index contributed by atoms with van der Waals surface area (Å²) in [7, 11) is -6.90. The van der Waals surface area contributed by atoms with Crippen molar-refractivity contribution in [3.05, 3.63) is 21.3 Å². The molecule has 0 bridgehead atoms. The molecule has 0 heterocycles. The molecule has 0 N–H and O–H groups in total. The van der Waals surface area contributed by atoms with Gasteiger partial charge in [0, 0.05) is 4.48 Å². The first-order valence-corrected chi connectivity index (χ1v) is 9.63. The molecule has 0 aromatic heterocycles. The summed E-state index contributed by atoms with van der Waals surface area (Å²) in [5.41, 5.74) is 0. The minimum Gasteiger partial charge on any atom is -0.240 e. The monoisotopic (exact) mass is 546 g/mol. The van der Waals surface area contributed by atoms with Crippen molar-refractivity contribution in [2.45, 2.75) is 47.6 Å². The smallest absolute Gasteiger partial charge is 0.240 e. The second kappa shape index (κ2) is 6.98. The highest BCUT2D eigenvalue weighted by molar-refractivity contribution is 9.12. The Labute approximate surface area is 158 Å². The fourth-order valence-electron chi connectivity index (χ4n) is 2.06. The molecular formula is C12H9Br2F9O2S. The lowest BCUT2D eigenvalue weighted by Gasteiger charge is -2.35. The minimum absolute atomic E-state index is 0.0121. The van der Waals surface area contributed by atoms with Crippen LogP contribution < -0.4 is 0 Å². The first kappa shape index (κ1) is 23.8. The third-order valence-electron chi connectivity index (χ3n) is 3.46. The molecule has 0 saturated heterocycles. The molecule has 0 aromatic rings. The molecule has 0 fully saturated rings. The van der Waals surface area contributed by atoms with Crippen LogP contribution in [-0.2, 0) is 9.84 Å². The van der Waals surface area contributed by atoms with Gasteiger partial charge in [-0.1, -0.05) is 45.2 Å². The van der Waals surface area contributed by atoms with Crippen LogP contribution in [0.25, 0.3) is 0 Å². The third kappa shape index (κ3) is 3.33. The molecule has 2 atom stereocenters. The first-order valence-electron chi connectivity index (χ1n) is 6.56. The van der Waals surface area contributed by atoms with Crippen LogP contribution in [0.1, 0.15) is 19.8 Å². The van der Waals surface area contributed by atoms with Gasteiger partial charge >= 0.3 is 17.4 Å². The van der Waals surface area contributed by atoms with Gasteiger partial charge < -0.3 is 0 Å². The molecule has 2 unspecified atom stereocenters. The number of hydrogen-bond donors (Lipinski definition) is 0. The Morgan fingerprint density at radius 3 is 2.00 bits per heavy atom. The lowest BCUT2D eigenvalue weighted by atomic mass is 9.92. The Bertz CT molecular complexity index is 742. The Morgan fingerprint density at radius 2 is 1.62 bits per heavy atom. The summed E-state index contributed by atoms with van der Waals surface area (Å²) in [6.45, 7) is 1.38. The van der Waals surface area contributed by atoms with E-state index in [1.807, 2.05) is 0 Å². The van der Waals surface area contributed by atoms with Crippen molar-refractivity contribution in [3.63, 3.8) is 0 Å². The summed E-state index contributed by atoms with van der Waals surface area (Å²) in [4.78, 5) is -2.17. The van der Waals surface area contributed by atoms with Crippen molar-refractivity contribution in [1.29, 1.82) is 0 Å². The van der Waals surface area contributed by atoms with Crippen molar-refractivity contribution >= 4 is 41.7 Å². The van der Waals surface area contributed by atoms with Crippen molar-refractivity contribution in [2.24, 2.45) is 0 Å². The standard InChI is InChI=1S/C12H9Br2F9O2S/c1-2-3-9(14)7(15)5(13)4-6(8(9)16)26(24,25)12(22,23)10(17,18)11(19,20)21/h4,7H,2-3H2,1H3. The van der Waals surface area contributed by atoms with Crippen LogP contribution in [0.3, 0.4) is 0 Å². The van der Waals surface area contributed by atoms with Crippen molar-refractivity contribution in [3.8, 4) is 0 Å². The fraction of sp³-hybridized carbons (Fsp3) is 0.667. The number of halogens is 11. The molecule has 0 aliphatic heterocycles. The molecule has 1 rings (SSSR count). The Morgan fingerprint density at radius 1 is 1.15 bits per heavy atom. The van der Waals surface area contributed by atoms with Gasteiger partial charge in [-0.25, -0.2) is 17.2 Å². The number of hydrogen-bond acceptors (Lipinski definition) is 2. The molecular weight excluding hydrogens is 539 g/mol. The highest BCUT2D eigenvalue weighted by Crippen LogP contribution is 2.54. The van der Waals surface area contributed by atoms with Gasteiger partial charge in [-0.3, -0.25) is 0 Å². The van der Waals surface area contributed by atoms with E-state index in [-0.39, 0.29) is 12.5 Å². The van der Waals surface area contributed by atoms with Crippen LogP contribution in [0.15, 0.2) is 21.3 Å². The van der Waals surface area contributed by atoms with E-state index in [1.165, 1.54) is 6.92 Å². The summed E-state index contributed by atoms with van der Waals surface area (Å²) in [6.07, 6.45) is -9.89. The van der Waals surface area contributed by atoms with Gasteiger partial charge in [0.1, 0.15) is 15.1 Å². The summed E-state index contributed by atoms with van der Waals surface area (Å²) < 4.78 is 139. The Hall–Kier alpha value is -0.240. The maximum absolute atomic E-state index is 14.5. The molecule has 0 saturated carbocycles. The largest absolute Gasteiger partial charge is 0.461 e. The van der Waals surface area contributed by atoms with Gasteiger partial charge in [0.15, 0.2) is 6.17 Å². The molecule has 14 heteroatoms. The maximum atomic E-state index is 14.5. The number of alkyl halides is 9. The number of rotatable bonds is 5. The van der Waals surface area contributed by atoms with Crippen LogP contribution in [0.4, 0.5) is 39.5 Å². The molecule has 0 aromatic carbocycles. The summed E-state index contributed by atoms with van der Waals surface area (Å²) in [5.74, 6) is -9.15. The summed E-state index contributed by atoms with van der Waals surface area (Å²) >= 11 is 4.97. The van der Waals surface area contributed by atoms with Gasteiger partial charge in [0.2, 0.25) is 0 Å². The molecule has 1 aliphatic rings. The van der Waals surface area contributed by atoms with E-state index in [1.54, 1.807) is 0 Å². The van der Waals surface area contributed by atoms with Gasteiger partial charge in [-0.2, -0.15) is 30.7 Å². The summed E-state index contributed by atoms with van der Waals surface area (Å²) in [5, 5.41) is -6.74. The Kier molecular flexibility index (Phi) is 6.39. The molecule has 2 nitrogen and oxygen atoms in total. The van der Waals surface area contributed by atoms with Crippen LogP contribution in [-0.4, -0.2) is 36.3 Å². The average molecular weight is 548 g/mol. The highest BCUT2D eigenvalue weighted by Gasteiger charge is 2.79. The van der Waals surface area contributed by atoms with Crippen LogP contribution in [0.2, 0.25) is 0 Å². The van der Waals surface area contributed by atoms with Gasteiger partial charge in [0.05, 0.1) is 0 Å². The zero-order chi connectivity index (χ0) is 20.9. The van der Waals surface area contributed by atoms with E-state index in [0.717, 1.165) is 0 Å². The van der Waals surface area contributed by atoms with E-state index in [0.29, 0.717) is 0 Å². The third-order valence-corrected chi connectivity index (χ3v) is 7.04.